The molecule has 0 saturated carbocycles. The van der Waals surface area contributed by atoms with E-state index in [1.54, 1.807) is 23.1 Å². The second kappa shape index (κ2) is 8.23. The number of anilines is 3. The number of hydrogen-bond donors (Lipinski definition) is 2. The molecular formula is C18H23N5O2. The molecule has 2 N–H and O–H groups in total. The van der Waals surface area contributed by atoms with Gasteiger partial charge in [-0.1, -0.05) is 6.07 Å². The maximum Gasteiger partial charge on any atom is 0.272 e. The zero-order valence-corrected chi connectivity index (χ0v) is 15.0. The van der Waals surface area contributed by atoms with Gasteiger partial charge in [0.2, 0.25) is 11.9 Å². The molecule has 0 aliphatic carbocycles. The number of amides is 2. The van der Waals surface area contributed by atoms with Gasteiger partial charge in [-0.15, -0.1) is 0 Å². The van der Waals surface area contributed by atoms with Crippen molar-refractivity contribution in [3.05, 3.63) is 41.7 Å². The van der Waals surface area contributed by atoms with Crippen LogP contribution in [-0.2, 0) is 4.79 Å². The van der Waals surface area contributed by atoms with Gasteiger partial charge in [0.25, 0.3) is 5.91 Å². The zero-order valence-electron chi connectivity index (χ0n) is 15.0. The van der Waals surface area contributed by atoms with Gasteiger partial charge in [-0.2, -0.15) is 0 Å². The first-order chi connectivity index (χ1) is 11.9. The van der Waals surface area contributed by atoms with Crippen molar-refractivity contribution in [2.24, 2.45) is 0 Å². The van der Waals surface area contributed by atoms with E-state index in [0.717, 1.165) is 5.69 Å². The predicted octanol–water partition coefficient (Wildman–Crippen LogP) is 2.97. The minimum Gasteiger partial charge on any atom is -0.338 e. The molecule has 25 heavy (non-hydrogen) atoms. The summed E-state index contributed by atoms with van der Waals surface area (Å²) in [5, 5.41) is 5.81. The summed E-state index contributed by atoms with van der Waals surface area (Å²) >= 11 is 0. The van der Waals surface area contributed by atoms with Crippen molar-refractivity contribution in [2.45, 2.75) is 27.7 Å². The Labute approximate surface area is 147 Å². The quantitative estimate of drug-likeness (QED) is 0.843. The summed E-state index contributed by atoms with van der Waals surface area (Å²) in [5.74, 6) is 0.0806. The second-order valence-corrected chi connectivity index (χ2v) is 5.58. The average Bonchev–Trinajstić information content (AvgIpc) is 2.55. The fourth-order valence-corrected chi connectivity index (χ4v) is 2.41. The first kappa shape index (κ1) is 18.4. The maximum atomic E-state index is 12.5. The Morgan fingerprint density at radius 1 is 1.08 bits per heavy atom. The van der Waals surface area contributed by atoms with E-state index < -0.39 is 0 Å². The second-order valence-electron chi connectivity index (χ2n) is 5.58. The largest absolute Gasteiger partial charge is 0.338 e. The van der Waals surface area contributed by atoms with E-state index in [1.165, 1.54) is 6.92 Å². The molecule has 0 saturated heterocycles. The van der Waals surface area contributed by atoms with Gasteiger partial charge in [-0.3, -0.25) is 9.59 Å². The highest BCUT2D eigenvalue weighted by Gasteiger charge is 2.16. The molecule has 1 aromatic heterocycles. The third-order valence-electron chi connectivity index (χ3n) is 3.56. The smallest absolute Gasteiger partial charge is 0.272 e. The molecule has 0 spiro atoms. The van der Waals surface area contributed by atoms with Gasteiger partial charge in [0, 0.05) is 37.1 Å². The summed E-state index contributed by atoms with van der Waals surface area (Å²) in [5.41, 5.74) is 2.45. The number of benzene rings is 1. The van der Waals surface area contributed by atoms with Gasteiger partial charge in [0.05, 0.1) is 0 Å². The lowest BCUT2D eigenvalue weighted by atomic mass is 10.2. The number of nitrogens with one attached hydrogen (secondary N) is 2. The predicted molar refractivity (Wildman–Crippen MR) is 98.0 cm³/mol. The third kappa shape index (κ3) is 5.00. The summed E-state index contributed by atoms with van der Waals surface area (Å²) in [7, 11) is 0. The lowest BCUT2D eigenvalue weighted by Crippen LogP contribution is -2.31. The standard InChI is InChI=1S/C18H23N5O2/c1-5-23(6-2)17(25)16-10-12(3)19-18(22-16)21-15-9-7-8-14(11-15)20-13(4)24/h7-11H,5-6H2,1-4H3,(H,20,24)(H,19,21,22). The molecule has 0 radical (unpaired) electrons. The normalized spacial score (nSPS) is 10.2. The molecule has 132 valence electrons. The van der Waals surface area contributed by atoms with Crippen molar-refractivity contribution in [3.63, 3.8) is 0 Å². The Bertz CT molecular complexity index is 772. The highest BCUT2D eigenvalue weighted by molar-refractivity contribution is 5.93. The number of aromatic nitrogens is 2. The number of carbonyl (C=O) groups is 2. The number of hydrogen-bond acceptors (Lipinski definition) is 5. The Kier molecular flexibility index (Phi) is 6.05. The molecular weight excluding hydrogens is 318 g/mol. The van der Waals surface area contributed by atoms with Gasteiger partial charge in [0.1, 0.15) is 5.69 Å². The molecule has 7 nitrogen and oxygen atoms in total. The number of nitrogens with zero attached hydrogens (tertiary/aromatic N) is 3. The van der Waals surface area contributed by atoms with Gasteiger partial charge < -0.3 is 15.5 Å². The van der Waals surface area contributed by atoms with Gasteiger partial charge in [0.15, 0.2) is 0 Å². The van der Waals surface area contributed by atoms with Crippen molar-refractivity contribution in [3.8, 4) is 0 Å². The molecule has 1 aromatic carbocycles. The molecule has 2 aromatic rings. The molecule has 1 heterocycles. The lowest BCUT2D eigenvalue weighted by molar-refractivity contribution is -0.114. The van der Waals surface area contributed by atoms with Crippen LogP contribution in [0.4, 0.5) is 17.3 Å². The van der Waals surface area contributed by atoms with Crippen molar-refractivity contribution in [2.75, 3.05) is 23.7 Å². The molecule has 0 aliphatic heterocycles. The first-order valence-electron chi connectivity index (χ1n) is 8.22. The minimum atomic E-state index is -0.143. The molecule has 0 bridgehead atoms. The van der Waals surface area contributed by atoms with Crippen molar-refractivity contribution in [1.29, 1.82) is 0 Å². The zero-order chi connectivity index (χ0) is 18.4. The van der Waals surface area contributed by atoms with Crippen molar-refractivity contribution >= 4 is 29.1 Å². The first-order valence-corrected chi connectivity index (χ1v) is 8.22. The van der Waals surface area contributed by atoms with Crippen molar-refractivity contribution in [1.82, 2.24) is 14.9 Å². The van der Waals surface area contributed by atoms with E-state index in [0.29, 0.717) is 36.1 Å². The monoisotopic (exact) mass is 341 g/mol. The molecule has 0 unspecified atom stereocenters. The van der Waals surface area contributed by atoms with E-state index in [4.69, 9.17) is 0 Å². The Morgan fingerprint density at radius 2 is 1.76 bits per heavy atom. The minimum absolute atomic E-state index is 0.120. The Morgan fingerprint density at radius 3 is 2.40 bits per heavy atom. The summed E-state index contributed by atoms with van der Waals surface area (Å²) in [6.07, 6.45) is 0. The summed E-state index contributed by atoms with van der Waals surface area (Å²) in [6, 6.07) is 8.89. The van der Waals surface area contributed by atoms with Gasteiger partial charge >= 0.3 is 0 Å². The summed E-state index contributed by atoms with van der Waals surface area (Å²) in [4.78, 5) is 34.0. The number of aryl methyl sites for hydroxylation is 1. The highest BCUT2D eigenvalue weighted by Crippen LogP contribution is 2.19. The van der Waals surface area contributed by atoms with Crippen LogP contribution in [0.5, 0.6) is 0 Å². The fraction of sp³-hybridized carbons (Fsp3) is 0.333. The maximum absolute atomic E-state index is 12.5. The van der Waals surface area contributed by atoms with E-state index >= 15 is 0 Å². The summed E-state index contributed by atoms with van der Waals surface area (Å²) in [6.45, 7) is 8.39. The summed E-state index contributed by atoms with van der Waals surface area (Å²) < 4.78 is 0. The van der Waals surface area contributed by atoms with E-state index in [2.05, 4.69) is 20.6 Å². The SMILES string of the molecule is CCN(CC)C(=O)c1cc(C)nc(Nc2cccc(NC(C)=O)c2)n1. The van der Waals surface area contributed by atoms with Crippen LogP contribution in [-0.4, -0.2) is 39.8 Å². The highest BCUT2D eigenvalue weighted by atomic mass is 16.2. The molecule has 2 rings (SSSR count). The van der Waals surface area contributed by atoms with Crippen LogP contribution in [0.1, 0.15) is 37.0 Å². The van der Waals surface area contributed by atoms with Crippen molar-refractivity contribution < 1.29 is 9.59 Å². The number of carbonyl (C=O) groups excluding carboxylic acids is 2. The van der Waals surface area contributed by atoms with Gasteiger partial charge in [-0.05, 0) is 45.0 Å². The van der Waals surface area contributed by atoms with Crippen LogP contribution in [0.3, 0.4) is 0 Å². The van der Waals surface area contributed by atoms with E-state index in [-0.39, 0.29) is 11.8 Å². The fourth-order valence-electron chi connectivity index (χ4n) is 2.41. The average molecular weight is 341 g/mol. The van der Waals surface area contributed by atoms with Crippen LogP contribution in [0.25, 0.3) is 0 Å². The van der Waals surface area contributed by atoms with E-state index in [9.17, 15) is 9.59 Å². The van der Waals surface area contributed by atoms with Gasteiger partial charge in [-0.25, -0.2) is 9.97 Å². The van der Waals surface area contributed by atoms with E-state index in [1.807, 2.05) is 32.9 Å². The Balaban J connectivity index is 2.26. The molecule has 0 fully saturated rings. The molecule has 0 atom stereocenters. The lowest BCUT2D eigenvalue weighted by Gasteiger charge is -2.18. The molecule has 0 aliphatic rings. The van der Waals surface area contributed by atoms with Crippen LogP contribution in [0.2, 0.25) is 0 Å². The van der Waals surface area contributed by atoms with Crippen LogP contribution >= 0.6 is 0 Å². The molecule has 2 amide bonds. The van der Waals surface area contributed by atoms with Crippen LogP contribution < -0.4 is 10.6 Å². The number of rotatable bonds is 6. The molecule has 7 heteroatoms. The Hall–Kier alpha value is -2.96. The van der Waals surface area contributed by atoms with Crippen LogP contribution in [0.15, 0.2) is 30.3 Å². The third-order valence-corrected chi connectivity index (χ3v) is 3.56. The van der Waals surface area contributed by atoms with Crippen LogP contribution in [0, 0.1) is 6.92 Å². The topological polar surface area (TPSA) is 87.2 Å².